The van der Waals surface area contributed by atoms with E-state index in [0.29, 0.717) is 35.9 Å². The Morgan fingerprint density at radius 3 is 2.41 bits per heavy atom. The number of piperidine rings is 1. The van der Waals surface area contributed by atoms with Crippen LogP contribution in [0.15, 0.2) is 42.5 Å². The normalized spacial score (nSPS) is 15.8. The molecule has 1 unspecified atom stereocenters. The van der Waals surface area contributed by atoms with Gasteiger partial charge in [0.05, 0.1) is 18.7 Å². The van der Waals surface area contributed by atoms with Gasteiger partial charge in [0.15, 0.2) is 14.4 Å². The molecular formula is C25H31FN2O3Si. The minimum atomic E-state index is -1.94. The molecule has 1 aliphatic rings. The van der Waals surface area contributed by atoms with Crippen molar-refractivity contribution in [2.24, 2.45) is 5.92 Å². The third-order valence-electron chi connectivity index (χ3n) is 5.68. The van der Waals surface area contributed by atoms with Crippen LogP contribution in [-0.4, -0.2) is 39.3 Å². The van der Waals surface area contributed by atoms with Crippen molar-refractivity contribution >= 4 is 14.2 Å². The van der Waals surface area contributed by atoms with Crippen LogP contribution in [0.3, 0.4) is 0 Å². The van der Waals surface area contributed by atoms with Gasteiger partial charge in [-0.25, -0.2) is 4.39 Å². The molecule has 7 heteroatoms. The summed E-state index contributed by atoms with van der Waals surface area (Å²) in [6.07, 6.45) is 1.97. The second-order valence-corrected chi connectivity index (χ2v) is 13.7. The molecule has 0 radical (unpaired) electrons. The Hall–Kier alpha value is -2.69. The molecule has 0 bridgehead atoms. The van der Waals surface area contributed by atoms with Gasteiger partial charge in [-0.3, -0.25) is 4.79 Å². The zero-order valence-corrected chi connectivity index (χ0v) is 20.2. The number of rotatable bonds is 7. The Labute approximate surface area is 190 Å². The first kappa shape index (κ1) is 24.0. The zero-order valence-electron chi connectivity index (χ0n) is 19.2. The van der Waals surface area contributed by atoms with Crippen molar-refractivity contribution in [1.82, 2.24) is 4.90 Å². The molecule has 1 atom stereocenters. The molecule has 1 amide bonds. The summed E-state index contributed by atoms with van der Waals surface area (Å²) in [6.45, 7) is 7.41. The van der Waals surface area contributed by atoms with Gasteiger partial charge in [-0.2, -0.15) is 5.26 Å². The van der Waals surface area contributed by atoms with E-state index in [2.05, 4.69) is 6.07 Å². The van der Waals surface area contributed by atoms with E-state index >= 15 is 0 Å². The molecular weight excluding hydrogens is 423 g/mol. The molecule has 0 saturated carbocycles. The summed E-state index contributed by atoms with van der Waals surface area (Å²) >= 11 is 0. The number of nitrogens with zero attached hydrogens (tertiary/aromatic N) is 2. The van der Waals surface area contributed by atoms with E-state index in [1.165, 1.54) is 12.1 Å². The third-order valence-corrected chi connectivity index (χ3v) is 6.63. The van der Waals surface area contributed by atoms with Crippen LogP contribution in [0.2, 0.25) is 19.6 Å². The average molecular weight is 455 g/mol. The van der Waals surface area contributed by atoms with Crippen molar-refractivity contribution in [3.63, 3.8) is 0 Å². The van der Waals surface area contributed by atoms with Crippen molar-refractivity contribution in [3.8, 4) is 11.8 Å². The van der Waals surface area contributed by atoms with Crippen molar-refractivity contribution in [3.05, 3.63) is 65.0 Å². The number of amides is 1. The lowest BCUT2D eigenvalue weighted by Crippen LogP contribution is -2.39. The van der Waals surface area contributed by atoms with Gasteiger partial charge in [-0.15, -0.1) is 0 Å². The van der Waals surface area contributed by atoms with Gasteiger partial charge >= 0.3 is 0 Å². The van der Waals surface area contributed by atoms with Crippen molar-refractivity contribution in [1.29, 1.82) is 5.26 Å². The average Bonchev–Trinajstić information content (AvgIpc) is 2.78. The summed E-state index contributed by atoms with van der Waals surface area (Å²) in [4.78, 5) is 15.2. The minimum absolute atomic E-state index is 0.0892. The molecule has 32 heavy (non-hydrogen) atoms. The number of methoxy groups -OCH3 is 1. The van der Waals surface area contributed by atoms with Gasteiger partial charge in [0, 0.05) is 13.1 Å². The van der Waals surface area contributed by atoms with Crippen LogP contribution >= 0.6 is 0 Å². The highest BCUT2D eigenvalue weighted by Gasteiger charge is 2.28. The van der Waals surface area contributed by atoms with Gasteiger partial charge in [0.1, 0.15) is 11.6 Å². The van der Waals surface area contributed by atoms with Crippen LogP contribution in [0.1, 0.15) is 40.4 Å². The highest BCUT2D eigenvalue weighted by molar-refractivity contribution is 6.69. The van der Waals surface area contributed by atoms with Crippen LogP contribution in [0.4, 0.5) is 4.39 Å². The molecule has 0 N–H and O–H groups in total. The van der Waals surface area contributed by atoms with Crippen molar-refractivity contribution < 1.29 is 18.3 Å². The molecule has 1 aliphatic heterocycles. The summed E-state index contributed by atoms with van der Waals surface area (Å²) in [5.74, 6) is 0.649. The Morgan fingerprint density at radius 2 is 1.84 bits per heavy atom. The summed E-state index contributed by atoms with van der Waals surface area (Å²) in [7, 11) is -0.393. The number of carbonyl (C=O) groups excluding carboxylic acids is 1. The van der Waals surface area contributed by atoms with Gasteiger partial charge in [-0.05, 0) is 80.2 Å². The van der Waals surface area contributed by atoms with Gasteiger partial charge in [-0.1, -0.05) is 18.2 Å². The maximum Gasteiger partial charge on any atom is 0.257 e. The summed E-state index contributed by atoms with van der Waals surface area (Å²) in [5.41, 5.74) is 2.25. The monoisotopic (exact) mass is 454 g/mol. The van der Waals surface area contributed by atoms with Gasteiger partial charge in [0.2, 0.25) is 0 Å². The minimum Gasteiger partial charge on any atom is -0.496 e. The Kier molecular flexibility index (Phi) is 7.70. The maximum atomic E-state index is 13.3. The van der Waals surface area contributed by atoms with Gasteiger partial charge in [0.25, 0.3) is 5.91 Å². The molecule has 1 fully saturated rings. The Morgan fingerprint density at radius 1 is 1.19 bits per heavy atom. The van der Waals surface area contributed by atoms with E-state index in [1.54, 1.807) is 25.3 Å². The molecule has 2 aromatic rings. The van der Waals surface area contributed by atoms with Crippen molar-refractivity contribution in [2.45, 2.75) is 45.0 Å². The summed E-state index contributed by atoms with van der Waals surface area (Å²) in [5, 5.41) is 9.61. The van der Waals surface area contributed by atoms with Crippen LogP contribution < -0.4 is 4.74 Å². The largest absolute Gasteiger partial charge is 0.496 e. The molecule has 1 saturated heterocycles. The predicted molar refractivity (Wildman–Crippen MR) is 125 cm³/mol. The molecule has 1 heterocycles. The number of hydrogen-bond donors (Lipinski definition) is 0. The first-order valence-electron chi connectivity index (χ1n) is 11.0. The molecule has 5 nitrogen and oxygen atoms in total. The topological polar surface area (TPSA) is 62.6 Å². The van der Waals surface area contributed by atoms with Gasteiger partial charge < -0.3 is 14.1 Å². The van der Waals surface area contributed by atoms with E-state index < -0.39 is 14.4 Å². The highest BCUT2D eigenvalue weighted by Crippen LogP contribution is 2.30. The number of nitriles is 1. The summed E-state index contributed by atoms with van der Waals surface area (Å²) < 4.78 is 24.6. The SMILES string of the molecule is COc1ccc(C(C#N)O[Si](C)(C)C)cc1C(=O)N1CCC(Cc2ccc(F)cc2)CC1. The highest BCUT2D eigenvalue weighted by atomic mass is 28.4. The molecule has 2 aromatic carbocycles. The fraction of sp³-hybridized carbons (Fsp3) is 0.440. The van der Waals surface area contributed by atoms with E-state index in [1.807, 2.05) is 36.7 Å². The van der Waals surface area contributed by atoms with E-state index in [9.17, 15) is 14.4 Å². The number of benzene rings is 2. The molecule has 0 aromatic heterocycles. The van der Waals surface area contributed by atoms with Crippen LogP contribution in [-0.2, 0) is 10.8 Å². The fourth-order valence-electron chi connectivity index (χ4n) is 4.04. The lowest BCUT2D eigenvalue weighted by atomic mass is 9.90. The Balaban J connectivity index is 1.70. The third kappa shape index (κ3) is 6.18. The van der Waals surface area contributed by atoms with E-state index in [-0.39, 0.29) is 11.7 Å². The van der Waals surface area contributed by atoms with E-state index in [4.69, 9.17) is 9.16 Å². The predicted octanol–water partition coefficient (Wildman–Crippen LogP) is 5.35. The van der Waals surface area contributed by atoms with Crippen LogP contribution in [0.25, 0.3) is 0 Å². The first-order valence-corrected chi connectivity index (χ1v) is 14.4. The zero-order chi connectivity index (χ0) is 23.3. The molecule has 0 spiro atoms. The number of likely N-dealkylation sites (tertiary alicyclic amines) is 1. The number of hydrogen-bond acceptors (Lipinski definition) is 4. The number of ether oxygens (including phenoxy) is 1. The maximum absolute atomic E-state index is 13.3. The van der Waals surface area contributed by atoms with Crippen LogP contribution in [0.5, 0.6) is 5.75 Å². The number of carbonyl (C=O) groups is 1. The first-order chi connectivity index (χ1) is 15.2. The lowest BCUT2D eigenvalue weighted by molar-refractivity contribution is 0.0687. The van der Waals surface area contributed by atoms with Crippen molar-refractivity contribution in [2.75, 3.05) is 20.2 Å². The summed E-state index contributed by atoms with van der Waals surface area (Å²) in [6, 6.07) is 14.1. The standard InChI is InChI=1S/C25H31FN2O3Si/c1-30-23-10-7-20(24(17-27)31-32(2,3)4)16-22(23)25(29)28-13-11-19(12-14-28)15-18-5-8-21(26)9-6-18/h5-10,16,19,24H,11-15H2,1-4H3. The second-order valence-electron chi connectivity index (χ2n) is 9.27. The molecule has 3 rings (SSSR count). The fourth-order valence-corrected chi connectivity index (χ4v) is 4.94. The second kappa shape index (κ2) is 10.3. The van der Waals surface area contributed by atoms with Crippen LogP contribution in [0, 0.1) is 23.1 Å². The quantitative estimate of drug-likeness (QED) is 0.530. The smallest absolute Gasteiger partial charge is 0.257 e. The number of halogens is 1. The van der Waals surface area contributed by atoms with E-state index in [0.717, 1.165) is 24.8 Å². The molecule has 0 aliphatic carbocycles. The Bertz CT molecular complexity index is 974. The lowest BCUT2D eigenvalue weighted by Gasteiger charge is -2.32. The molecule has 170 valence electrons.